The molecule has 0 radical (unpaired) electrons. The van der Waals surface area contributed by atoms with Crippen LogP contribution >= 0.6 is 35.6 Å². The molecule has 1 aliphatic rings. The monoisotopic (exact) mass is 384 g/mol. The third kappa shape index (κ3) is 4.55. The Hall–Kier alpha value is -1.44. The lowest BCUT2D eigenvalue weighted by Crippen LogP contribution is -2.55. The van der Waals surface area contributed by atoms with E-state index in [0.717, 1.165) is 11.8 Å². The molecule has 2 amide bonds. The fourth-order valence-corrected chi connectivity index (χ4v) is 4.19. The summed E-state index contributed by atoms with van der Waals surface area (Å²) in [4.78, 5) is 36.3. The quantitative estimate of drug-likeness (QED) is 0.464. The summed E-state index contributed by atoms with van der Waals surface area (Å²) >= 11 is 12.6. The fourth-order valence-electron chi connectivity index (χ4n) is 2.43. The molecule has 8 heteroatoms. The van der Waals surface area contributed by atoms with Crippen molar-refractivity contribution >= 4 is 58.0 Å². The van der Waals surface area contributed by atoms with Crippen LogP contribution in [0.15, 0.2) is 24.3 Å². The van der Waals surface area contributed by atoms with Crippen LogP contribution in [0, 0.1) is 0 Å². The summed E-state index contributed by atoms with van der Waals surface area (Å²) in [6, 6.07) is 6.43. The largest absolute Gasteiger partial charge is 0.343 e. The SMILES string of the molecule is CC(=O)N[C@@H]1C(=O)N(CCCC=O)C(=S)S[C@H]1c1ccc(Cl)cc1. The molecule has 1 saturated heterocycles. The van der Waals surface area contributed by atoms with Gasteiger partial charge in [-0.05, 0) is 24.1 Å². The van der Waals surface area contributed by atoms with Crippen LogP contribution in [0.5, 0.6) is 0 Å². The van der Waals surface area contributed by atoms with E-state index in [1.165, 1.54) is 23.6 Å². The zero-order chi connectivity index (χ0) is 17.7. The molecule has 2 atom stereocenters. The number of nitrogens with zero attached hydrogens (tertiary/aromatic N) is 1. The second-order valence-corrected chi connectivity index (χ2v) is 7.54. The molecule has 2 rings (SSSR count). The Balaban J connectivity index is 2.26. The van der Waals surface area contributed by atoms with E-state index < -0.39 is 6.04 Å². The lowest BCUT2D eigenvalue weighted by atomic mass is 10.0. The first kappa shape index (κ1) is 18.9. The fraction of sp³-hybridized carbons (Fsp3) is 0.375. The Morgan fingerprint density at radius 3 is 2.67 bits per heavy atom. The molecule has 1 aliphatic heterocycles. The standard InChI is InChI=1S/C16H17ClN2O3S2/c1-10(21)18-13-14(11-4-6-12(17)7-5-11)24-16(23)19(15(13)22)8-2-3-9-20/h4-7,9,13-14H,2-3,8H2,1H3,(H,18,21)/t13-,14-/m0/s1. The van der Waals surface area contributed by atoms with Crippen molar-refractivity contribution in [1.29, 1.82) is 0 Å². The molecule has 0 saturated carbocycles. The third-order valence-electron chi connectivity index (χ3n) is 3.54. The van der Waals surface area contributed by atoms with Crippen LogP contribution in [-0.4, -0.2) is 39.9 Å². The summed E-state index contributed by atoms with van der Waals surface area (Å²) in [5, 5.41) is 3.01. The highest BCUT2D eigenvalue weighted by atomic mass is 35.5. The van der Waals surface area contributed by atoms with Crippen LogP contribution < -0.4 is 5.32 Å². The molecule has 5 nitrogen and oxygen atoms in total. The summed E-state index contributed by atoms with van der Waals surface area (Å²) in [7, 11) is 0. The van der Waals surface area contributed by atoms with E-state index in [-0.39, 0.29) is 17.1 Å². The first-order valence-electron chi connectivity index (χ1n) is 7.42. The summed E-state index contributed by atoms with van der Waals surface area (Å²) < 4.78 is 0.451. The van der Waals surface area contributed by atoms with E-state index >= 15 is 0 Å². The van der Waals surface area contributed by atoms with E-state index in [2.05, 4.69) is 5.32 Å². The van der Waals surface area contributed by atoms with Gasteiger partial charge in [0.1, 0.15) is 16.6 Å². The zero-order valence-electron chi connectivity index (χ0n) is 13.0. The summed E-state index contributed by atoms with van der Waals surface area (Å²) in [6.45, 7) is 1.74. The molecule has 1 fully saturated rings. The number of halogens is 1. The van der Waals surface area contributed by atoms with Crippen LogP contribution in [0.2, 0.25) is 5.02 Å². The normalized spacial score (nSPS) is 20.8. The van der Waals surface area contributed by atoms with Gasteiger partial charge in [-0.15, -0.1) is 0 Å². The molecule has 128 valence electrons. The lowest BCUT2D eigenvalue weighted by molar-refractivity contribution is -0.133. The number of rotatable bonds is 6. The van der Waals surface area contributed by atoms with Crippen LogP contribution in [-0.2, 0) is 14.4 Å². The molecule has 1 aromatic carbocycles. The Bertz CT molecular complexity index is 651. The van der Waals surface area contributed by atoms with E-state index in [4.69, 9.17) is 23.8 Å². The molecule has 0 unspecified atom stereocenters. The first-order chi connectivity index (χ1) is 11.4. The van der Waals surface area contributed by atoms with Crippen LogP contribution in [0.4, 0.5) is 0 Å². The lowest BCUT2D eigenvalue weighted by Gasteiger charge is -2.38. The third-order valence-corrected chi connectivity index (χ3v) is 5.53. The van der Waals surface area contributed by atoms with Crippen molar-refractivity contribution in [2.75, 3.05) is 6.54 Å². The van der Waals surface area contributed by atoms with E-state index in [1.54, 1.807) is 12.1 Å². The number of nitrogens with one attached hydrogen (secondary N) is 1. The average Bonchev–Trinajstić information content (AvgIpc) is 2.54. The van der Waals surface area contributed by atoms with Gasteiger partial charge in [0.2, 0.25) is 5.91 Å². The highest BCUT2D eigenvalue weighted by molar-refractivity contribution is 8.23. The smallest absolute Gasteiger partial charge is 0.252 e. The summed E-state index contributed by atoms with van der Waals surface area (Å²) in [6.07, 6.45) is 1.71. The van der Waals surface area contributed by atoms with Crippen LogP contribution in [0.1, 0.15) is 30.6 Å². The van der Waals surface area contributed by atoms with Crippen molar-refractivity contribution in [2.24, 2.45) is 0 Å². The second-order valence-electron chi connectivity index (χ2n) is 5.33. The molecule has 24 heavy (non-hydrogen) atoms. The number of carbonyl (C=O) groups excluding carboxylic acids is 3. The Morgan fingerprint density at radius 2 is 2.08 bits per heavy atom. The van der Waals surface area contributed by atoms with E-state index in [1.807, 2.05) is 12.1 Å². The van der Waals surface area contributed by atoms with Crippen molar-refractivity contribution in [2.45, 2.75) is 31.1 Å². The van der Waals surface area contributed by atoms with Crippen molar-refractivity contribution in [1.82, 2.24) is 10.2 Å². The van der Waals surface area contributed by atoms with Gasteiger partial charge in [-0.1, -0.05) is 47.7 Å². The summed E-state index contributed by atoms with van der Waals surface area (Å²) in [5.74, 6) is -0.534. The number of benzene rings is 1. The number of unbranched alkanes of at least 4 members (excludes halogenated alkanes) is 1. The average molecular weight is 385 g/mol. The minimum absolute atomic E-state index is 0.250. The minimum Gasteiger partial charge on any atom is -0.343 e. The predicted octanol–water partition coefficient (Wildman–Crippen LogP) is 2.73. The first-order valence-corrected chi connectivity index (χ1v) is 9.09. The van der Waals surface area contributed by atoms with Gasteiger partial charge in [0, 0.05) is 24.9 Å². The van der Waals surface area contributed by atoms with Crippen molar-refractivity contribution in [3.8, 4) is 0 Å². The van der Waals surface area contributed by atoms with Gasteiger partial charge in [0.15, 0.2) is 0 Å². The molecule has 1 aromatic rings. The molecule has 0 aliphatic carbocycles. The van der Waals surface area contributed by atoms with Gasteiger partial charge in [-0.2, -0.15) is 0 Å². The van der Waals surface area contributed by atoms with Gasteiger partial charge in [0.05, 0.1) is 5.25 Å². The maximum atomic E-state index is 12.8. The van der Waals surface area contributed by atoms with Crippen molar-refractivity contribution < 1.29 is 14.4 Å². The Morgan fingerprint density at radius 1 is 1.42 bits per heavy atom. The van der Waals surface area contributed by atoms with E-state index in [9.17, 15) is 14.4 Å². The zero-order valence-corrected chi connectivity index (χ0v) is 15.4. The molecular weight excluding hydrogens is 368 g/mol. The number of aldehydes is 1. The molecule has 0 bridgehead atoms. The highest BCUT2D eigenvalue weighted by Gasteiger charge is 2.41. The van der Waals surface area contributed by atoms with Gasteiger partial charge >= 0.3 is 0 Å². The number of thiocarbonyl (C=S) groups is 1. The Kier molecular flexibility index (Phi) is 6.77. The molecule has 1 N–H and O–H groups in total. The van der Waals surface area contributed by atoms with Gasteiger partial charge < -0.3 is 10.1 Å². The topological polar surface area (TPSA) is 66.5 Å². The number of thioether (sulfide) groups is 1. The van der Waals surface area contributed by atoms with Crippen LogP contribution in [0.25, 0.3) is 0 Å². The predicted molar refractivity (Wildman–Crippen MR) is 99.0 cm³/mol. The molecule has 1 heterocycles. The highest BCUT2D eigenvalue weighted by Crippen LogP contribution is 2.39. The number of hydrogen-bond acceptors (Lipinski definition) is 5. The molecule has 0 aromatic heterocycles. The second kappa shape index (κ2) is 8.60. The maximum absolute atomic E-state index is 12.8. The minimum atomic E-state index is -0.711. The number of hydrogen-bond donors (Lipinski definition) is 1. The van der Waals surface area contributed by atoms with Crippen molar-refractivity contribution in [3.05, 3.63) is 34.9 Å². The van der Waals surface area contributed by atoms with Gasteiger partial charge in [0.25, 0.3) is 5.91 Å². The maximum Gasteiger partial charge on any atom is 0.252 e. The van der Waals surface area contributed by atoms with E-state index in [0.29, 0.717) is 28.7 Å². The van der Waals surface area contributed by atoms with Gasteiger partial charge in [-0.3, -0.25) is 14.5 Å². The van der Waals surface area contributed by atoms with Crippen LogP contribution in [0.3, 0.4) is 0 Å². The molecule has 0 spiro atoms. The number of carbonyl (C=O) groups is 3. The Labute approximate surface area is 155 Å². The molecular formula is C16H17ClN2O3S2. The summed E-state index contributed by atoms with van der Waals surface area (Å²) in [5.41, 5.74) is 0.867. The van der Waals surface area contributed by atoms with Crippen molar-refractivity contribution in [3.63, 3.8) is 0 Å². The number of amides is 2. The van der Waals surface area contributed by atoms with Gasteiger partial charge in [-0.25, -0.2) is 0 Å².